The van der Waals surface area contributed by atoms with Gasteiger partial charge in [0.25, 0.3) is 0 Å². The number of carbonyl (C=O) groups is 1. The number of aromatic nitrogens is 3. The van der Waals surface area contributed by atoms with Crippen molar-refractivity contribution < 1.29 is 9.18 Å². The summed E-state index contributed by atoms with van der Waals surface area (Å²) < 4.78 is 15.1. The van der Waals surface area contributed by atoms with Gasteiger partial charge < -0.3 is 10.2 Å². The fourth-order valence-corrected chi connectivity index (χ4v) is 2.66. The Morgan fingerprint density at radius 2 is 2.14 bits per heavy atom. The number of halogens is 1. The highest BCUT2D eigenvalue weighted by Crippen LogP contribution is 2.22. The van der Waals surface area contributed by atoms with E-state index < -0.39 is 0 Å². The molecule has 0 bridgehead atoms. The number of hydrogen-bond acceptors (Lipinski definition) is 3. The highest BCUT2D eigenvalue weighted by atomic mass is 19.1. The van der Waals surface area contributed by atoms with E-state index in [1.807, 2.05) is 4.68 Å². The van der Waals surface area contributed by atoms with Gasteiger partial charge in [-0.15, -0.1) is 0 Å². The molecule has 3 rings (SSSR count). The maximum Gasteiger partial charge on any atom is 0.321 e. The summed E-state index contributed by atoms with van der Waals surface area (Å²) in [4.78, 5) is 18.0. The number of nitrogens with one attached hydrogen (secondary N) is 1. The maximum absolute atomic E-state index is 13.2. The Morgan fingerprint density at radius 1 is 1.36 bits per heavy atom. The Kier molecular flexibility index (Phi) is 4.04. The average molecular weight is 303 g/mol. The van der Waals surface area contributed by atoms with Gasteiger partial charge in [-0.05, 0) is 43.5 Å². The van der Waals surface area contributed by atoms with Crippen LogP contribution in [0.5, 0.6) is 0 Å². The number of benzene rings is 1. The summed E-state index contributed by atoms with van der Waals surface area (Å²) in [6, 6.07) is 4.71. The van der Waals surface area contributed by atoms with Gasteiger partial charge in [-0.1, -0.05) is 0 Å². The predicted octanol–water partition coefficient (Wildman–Crippen LogP) is 2.59. The molecular weight excluding hydrogens is 285 g/mol. The van der Waals surface area contributed by atoms with E-state index in [0.29, 0.717) is 30.4 Å². The Hall–Kier alpha value is -2.44. The number of carbonyl (C=O) groups excluding carboxylic acids is 1. The molecule has 1 N–H and O–H groups in total. The monoisotopic (exact) mass is 303 g/mol. The molecule has 0 aliphatic carbocycles. The van der Waals surface area contributed by atoms with Crippen LogP contribution in [0.2, 0.25) is 0 Å². The molecule has 1 aromatic carbocycles. The lowest BCUT2D eigenvalue weighted by atomic mass is 10.1. The second-order valence-electron chi connectivity index (χ2n) is 5.49. The van der Waals surface area contributed by atoms with Crippen LogP contribution in [-0.2, 0) is 0 Å². The van der Waals surface area contributed by atoms with E-state index in [9.17, 15) is 9.18 Å². The summed E-state index contributed by atoms with van der Waals surface area (Å²) in [6.07, 6.45) is 4.93. The first-order valence-electron chi connectivity index (χ1n) is 7.29. The average Bonchev–Trinajstić information content (AvgIpc) is 3.05. The van der Waals surface area contributed by atoms with Crippen LogP contribution in [0.25, 0.3) is 0 Å². The van der Waals surface area contributed by atoms with Crippen LogP contribution in [0.1, 0.15) is 24.4 Å². The molecule has 0 radical (unpaired) electrons. The molecule has 0 saturated carbocycles. The minimum atomic E-state index is -0.272. The molecule has 0 atom stereocenters. The molecule has 0 unspecified atom stereocenters. The second-order valence-corrected chi connectivity index (χ2v) is 5.49. The van der Waals surface area contributed by atoms with E-state index in [2.05, 4.69) is 15.4 Å². The van der Waals surface area contributed by atoms with Crippen molar-refractivity contribution in [2.24, 2.45) is 0 Å². The number of likely N-dealkylation sites (tertiary alicyclic amines) is 1. The number of hydrogen-bond donors (Lipinski definition) is 1. The van der Waals surface area contributed by atoms with E-state index >= 15 is 0 Å². The van der Waals surface area contributed by atoms with Crippen LogP contribution in [0.15, 0.2) is 30.9 Å². The van der Waals surface area contributed by atoms with Crippen molar-refractivity contribution in [1.29, 1.82) is 0 Å². The first kappa shape index (κ1) is 14.5. The molecule has 7 heteroatoms. The van der Waals surface area contributed by atoms with Gasteiger partial charge in [0, 0.05) is 18.8 Å². The van der Waals surface area contributed by atoms with Crippen LogP contribution in [-0.4, -0.2) is 38.8 Å². The number of aryl methyl sites for hydroxylation is 1. The third kappa shape index (κ3) is 3.08. The molecule has 1 aliphatic heterocycles. The van der Waals surface area contributed by atoms with Crippen molar-refractivity contribution in [3.05, 3.63) is 42.2 Å². The van der Waals surface area contributed by atoms with E-state index in [4.69, 9.17) is 0 Å². The molecule has 22 heavy (non-hydrogen) atoms. The number of anilines is 1. The Labute approximate surface area is 128 Å². The third-order valence-electron chi connectivity index (χ3n) is 3.97. The molecular formula is C15H18FN5O. The van der Waals surface area contributed by atoms with Gasteiger partial charge in [-0.25, -0.2) is 18.9 Å². The first-order valence-corrected chi connectivity index (χ1v) is 7.29. The fraction of sp³-hybridized carbons (Fsp3) is 0.400. The van der Waals surface area contributed by atoms with Crippen molar-refractivity contribution in [2.75, 3.05) is 18.4 Å². The fourth-order valence-electron chi connectivity index (χ4n) is 2.66. The zero-order chi connectivity index (χ0) is 15.5. The molecule has 1 saturated heterocycles. The number of amides is 2. The zero-order valence-electron chi connectivity index (χ0n) is 12.4. The quantitative estimate of drug-likeness (QED) is 0.927. The lowest BCUT2D eigenvalue weighted by Crippen LogP contribution is -2.41. The summed E-state index contributed by atoms with van der Waals surface area (Å²) in [5.41, 5.74) is 1.13. The van der Waals surface area contributed by atoms with Crippen LogP contribution in [0.4, 0.5) is 14.9 Å². The molecule has 2 heterocycles. The van der Waals surface area contributed by atoms with E-state index in [-0.39, 0.29) is 11.8 Å². The number of nitrogens with zero attached hydrogens (tertiary/aromatic N) is 4. The summed E-state index contributed by atoms with van der Waals surface area (Å²) >= 11 is 0. The molecule has 2 amide bonds. The molecule has 1 fully saturated rings. The highest BCUT2D eigenvalue weighted by Gasteiger charge is 2.24. The molecule has 2 aromatic rings. The van der Waals surface area contributed by atoms with Crippen molar-refractivity contribution >= 4 is 11.7 Å². The van der Waals surface area contributed by atoms with E-state index in [1.165, 1.54) is 12.4 Å². The lowest BCUT2D eigenvalue weighted by molar-refractivity contribution is 0.180. The lowest BCUT2D eigenvalue weighted by Gasteiger charge is -2.31. The van der Waals surface area contributed by atoms with Gasteiger partial charge in [-0.3, -0.25) is 0 Å². The topological polar surface area (TPSA) is 63.1 Å². The van der Waals surface area contributed by atoms with Crippen molar-refractivity contribution in [3.8, 4) is 0 Å². The van der Waals surface area contributed by atoms with Crippen LogP contribution < -0.4 is 5.32 Å². The SMILES string of the molecule is Cc1cc(NC(=O)N2CCC(n3cncn3)CC2)ccc1F. The first-order chi connectivity index (χ1) is 10.6. The Balaban J connectivity index is 1.56. The molecule has 0 spiro atoms. The standard InChI is InChI=1S/C15H18FN5O/c1-11-8-12(2-3-14(11)16)19-15(22)20-6-4-13(5-7-20)21-10-17-9-18-21/h2-3,8-10,13H,4-7H2,1H3,(H,19,22). The summed E-state index contributed by atoms with van der Waals surface area (Å²) in [6.45, 7) is 3.00. The minimum Gasteiger partial charge on any atom is -0.324 e. The largest absolute Gasteiger partial charge is 0.324 e. The minimum absolute atomic E-state index is 0.150. The molecule has 6 nitrogen and oxygen atoms in total. The van der Waals surface area contributed by atoms with Crippen molar-refractivity contribution in [2.45, 2.75) is 25.8 Å². The van der Waals surface area contributed by atoms with Gasteiger partial charge in [-0.2, -0.15) is 5.10 Å². The zero-order valence-corrected chi connectivity index (χ0v) is 12.4. The van der Waals surface area contributed by atoms with E-state index in [0.717, 1.165) is 12.8 Å². The van der Waals surface area contributed by atoms with Crippen LogP contribution in [0, 0.1) is 12.7 Å². The van der Waals surface area contributed by atoms with Gasteiger partial charge in [0.1, 0.15) is 18.5 Å². The Morgan fingerprint density at radius 3 is 2.77 bits per heavy atom. The number of piperidine rings is 1. The summed E-state index contributed by atoms with van der Waals surface area (Å²) in [5, 5.41) is 6.96. The van der Waals surface area contributed by atoms with Crippen LogP contribution in [0.3, 0.4) is 0 Å². The second kappa shape index (κ2) is 6.13. The molecule has 116 valence electrons. The maximum atomic E-state index is 13.2. The molecule has 1 aliphatic rings. The van der Waals surface area contributed by atoms with Gasteiger partial charge in [0.15, 0.2) is 0 Å². The highest BCUT2D eigenvalue weighted by molar-refractivity contribution is 5.89. The van der Waals surface area contributed by atoms with Crippen LogP contribution >= 0.6 is 0 Å². The van der Waals surface area contributed by atoms with Crippen molar-refractivity contribution in [1.82, 2.24) is 19.7 Å². The summed E-state index contributed by atoms with van der Waals surface area (Å²) in [7, 11) is 0. The summed E-state index contributed by atoms with van der Waals surface area (Å²) in [5.74, 6) is -0.272. The Bertz CT molecular complexity index is 650. The third-order valence-corrected chi connectivity index (χ3v) is 3.97. The van der Waals surface area contributed by atoms with Gasteiger partial charge >= 0.3 is 6.03 Å². The predicted molar refractivity (Wildman–Crippen MR) is 80.0 cm³/mol. The normalized spacial score (nSPS) is 15.8. The van der Waals surface area contributed by atoms with Crippen molar-refractivity contribution in [3.63, 3.8) is 0 Å². The number of urea groups is 1. The van der Waals surface area contributed by atoms with Gasteiger partial charge in [0.05, 0.1) is 6.04 Å². The molecule has 1 aromatic heterocycles. The number of rotatable bonds is 2. The smallest absolute Gasteiger partial charge is 0.321 e. The van der Waals surface area contributed by atoms with Gasteiger partial charge in [0.2, 0.25) is 0 Å². The van der Waals surface area contributed by atoms with E-state index in [1.54, 1.807) is 30.3 Å².